The number of carbonyl (C=O) groups is 2. The zero-order valence-electron chi connectivity index (χ0n) is 19.6. The number of hydrogen-bond donors (Lipinski definition) is 1. The molecule has 3 fully saturated rings. The lowest BCUT2D eigenvalue weighted by molar-refractivity contribution is -0.938. The van der Waals surface area contributed by atoms with Crippen molar-refractivity contribution in [2.45, 2.75) is 31.5 Å². The third-order valence-corrected chi connectivity index (χ3v) is 8.22. The molecule has 184 valence electrons. The monoisotopic (exact) mass is 510 g/mol. The van der Waals surface area contributed by atoms with Gasteiger partial charge in [0.25, 0.3) is 0 Å². The summed E-state index contributed by atoms with van der Waals surface area (Å²) in [6, 6.07) is 23.2. The maximum atomic E-state index is 13.5. The molecule has 2 aromatic carbocycles. The third-order valence-electron chi connectivity index (χ3n) is 7.31. The fraction of sp³-hybridized carbons (Fsp3) is 0.357. The molecule has 7 heteroatoms. The van der Waals surface area contributed by atoms with Gasteiger partial charge >= 0.3 is 5.97 Å². The quantitative estimate of drug-likeness (QED) is 0.270. The van der Waals surface area contributed by atoms with Gasteiger partial charge in [-0.3, -0.25) is 10.1 Å². The van der Waals surface area contributed by atoms with E-state index >= 15 is 0 Å². The molecule has 3 aliphatic rings. The Hall–Kier alpha value is -2.51. The van der Waals surface area contributed by atoms with Crippen LogP contribution < -0.4 is 17.7 Å². The summed E-state index contributed by atoms with van der Waals surface area (Å²) in [5.41, 5.74) is 2.03. The number of hydrogen-bond acceptors (Lipinski definition) is 5. The van der Waals surface area contributed by atoms with Crippen LogP contribution in [0.2, 0.25) is 0 Å². The van der Waals surface area contributed by atoms with Crippen LogP contribution >= 0.6 is 11.3 Å². The molecule has 3 aliphatic heterocycles. The van der Waals surface area contributed by atoms with Crippen molar-refractivity contribution in [3.05, 3.63) is 94.2 Å². The number of ketones is 1. The summed E-state index contributed by atoms with van der Waals surface area (Å²) in [4.78, 5) is 27.2. The number of carbonyl (C=O) groups excluding carboxylic acids is 2. The van der Waals surface area contributed by atoms with E-state index in [2.05, 4.69) is 5.32 Å². The largest absolute Gasteiger partial charge is 1.00 e. The number of nitrogens with zero attached hydrogens (tertiary/aromatic N) is 1. The molecule has 0 spiro atoms. The first-order valence-corrected chi connectivity index (χ1v) is 12.9. The van der Waals surface area contributed by atoms with Gasteiger partial charge in [0.15, 0.2) is 6.10 Å². The standard InChI is InChI=1S/C28H31N2O3S.ClH/c31-24(26-12-7-17-34-26)19-30-15-13-22(14-16-30)25(20-30)33-28(32)27(23-10-5-2-6-11-23)29-18-21-8-3-1-4-9-21;/h1-12,17,22,25,27,29H,13-16,18-20H2;1H/q+1;/p-1/t22?,25-,27?,30?;/m0./s1. The number of benzene rings is 2. The van der Waals surface area contributed by atoms with Gasteiger partial charge in [-0.15, -0.1) is 11.3 Å². The number of esters is 1. The van der Waals surface area contributed by atoms with Crippen LogP contribution in [0.25, 0.3) is 0 Å². The average Bonchev–Trinajstić information content (AvgIpc) is 3.41. The fourth-order valence-corrected chi connectivity index (χ4v) is 6.07. The zero-order valence-corrected chi connectivity index (χ0v) is 21.2. The van der Waals surface area contributed by atoms with E-state index in [0.29, 0.717) is 19.0 Å². The molecule has 35 heavy (non-hydrogen) atoms. The van der Waals surface area contributed by atoms with Gasteiger partial charge in [0.2, 0.25) is 5.78 Å². The van der Waals surface area contributed by atoms with E-state index < -0.39 is 6.04 Å². The highest BCUT2D eigenvalue weighted by molar-refractivity contribution is 7.12. The molecular weight excluding hydrogens is 480 g/mol. The summed E-state index contributed by atoms with van der Waals surface area (Å²) in [5.74, 6) is 0.349. The predicted molar refractivity (Wildman–Crippen MR) is 133 cm³/mol. The first-order valence-electron chi connectivity index (χ1n) is 12.1. The maximum absolute atomic E-state index is 13.5. The molecule has 3 saturated heterocycles. The molecule has 1 unspecified atom stereocenters. The molecule has 2 atom stereocenters. The van der Waals surface area contributed by atoms with Gasteiger partial charge in [-0.05, 0) is 22.6 Å². The summed E-state index contributed by atoms with van der Waals surface area (Å²) >= 11 is 1.51. The van der Waals surface area contributed by atoms with Crippen LogP contribution in [0.3, 0.4) is 0 Å². The van der Waals surface area contributed by atoms with E-state index in [9.17, 15) is 9.59 Å². The van der Waals surface area contributed by atoms with Gasteiger partial charge in [0.1, 0.15) is 19.1 Å². The molecule has 3 aromatic rings. The molecule has 0 aliphatic carbocycles. The van der Waals surface area contributed by atoms with Gasteiger partial charge in [-0.2, -0.15) is 0 Å². The molecule has 0 radical (unpaired) electrons. The Morgan fingerprint density at radius 2 is 1.66 bits per heavy atom. The molecule has 5 nitrogen and oxygen atoms in total. The Kier molecular flexibility index (Phi) is 8.39. The normalized spacial score (nSPS) is 23.8. The number of ether oxygens (including phenoxy) is 1. The summed E-state index contributed by atoms with van der Waals surface area (Å²) in [6.07, 6.45) is 1.86. The summed E-state index contributed by atoms with van der Waals surface area (Å²) in [5, 5.41) is 5.36. The second-order valence-electron chi connectivity index (χ2n) is 9.55. The Morgan fingerprint density at radius 1 is 0.971 bits per heavy atom. The van der Waals surface area contributed by atoms with Crippen LogP contribution in [0.5, 0.6) is 0 Å². The van der Waals surface area contributed by atoms with Crippen molar-refractivity contribution in [1.82, 2.24) is 5.32 Å². The Balaban J connectivity index is 0.00000289. The van der Waals surface area contributed by atoms with Crippen LogP contribution in [0, 0.1) is 5.92 Å². The van der Waals surface area contributed by atoms with Gasteiger partial charge in [-0.25, -0.2) is 4.79 Å². The average molecular weight is 511 g/mol. The molecule has 0 amide bonds. The lowest BCUT2D eigenvalue weighted by Crippen LogP contribution is -3.00. The van der Waals surface area contributed by atoms with Crippen molar-refractivity contribution < 1.29 is 31.2 Å². The Morgan fingerprint density at radius 3 is 2.31 bits per heavy atom. The van der Waals surface area contributed by atoms with E-state index in [-0.39, 0.29) is 30.3 Å². The number of quaternary nitrogens is 1. The molecule has 4 heterocycles. The highest BCUT2D eigenvalue weighted by Gasteiger charge is 2.49. The maximum Gasteiger partial charge on any atom is 0.328 e. The first-order chi connectivity index (χ1) is 16.6. The van der Waals surface area contributed by atoms with Crippen molar-refractivity contribution in [2.75, 3.05) is 26.2 Å². The molecule has 2 bridgehead atoms. The number of piperidine rings is 3. The van der Waals surface area contributed by atoms with Crippen molar-refractivity contribution in [3.63, 3.8) is 0 Å². The summed E-state index contributed by atoms with van der Waals surface area (Å²) in [7, 11) is 0. The van der Waals surface area contributed by atoms with Crippen molar-refractivity contribution >= 4 is 23.1 Å². The number of thiophene rings is 1. The van der Waals surface area contributed by atoms with E-state index in [1.807, 2.05) is 78.2 Å². The van der Waals surface area contributed by atoms with Crippen LogP contribution in [0.4, 0.5) is 0 Å². The number of nitrogens with one attached hydrogen (secondary N) is 1. The smallest absolute Gasteiger partial charge is 0.328 e. The highest BCUT2D eigenvalue weighted by Crippen LogP contribution is 2.36. The first kappa shape index (κ1) is 25.6. The van der Waals surface area contributed by atoms with Gasteiger partial charge < -0.3 is 21.6 Å². The van der Waals surface area contributed by atoms with Gasteiger partial charge in [-0.1, -0.05) is 66.7 Å². The number of fused-ring (bicyclic) bond motifs is 3. The van der Waals surface area contributed by atoms with Crippen molar-refractivity contribution in [3.8, 4) is 0 Å². The summed E-state index contributed by atoms with van der Waals surface area (Å²) in [6.45, 7) is 3.79. The van der Waals surface area contributed by atoms with Crippen LogP contribution in [-0.4, -0.2) is 48.5 Å². The topological polar surface area (TPSA) is 55.4 Å². The van der Waals surface area contributed by atoms with E-state index in [4.69, 9.17) is 4.74 Å². The van der Waals surface area contributed by atoms with Crippen LogP contribution in [0.15, 0.2) is 78.2 Å². The molecule has 0 saturated carbocycles. The zero-order chi connectivity index (χ0) is 23.4. The number of rotatable bonds is 9. The SMILES string of the molecule is O=C(C[N+]12CCC(CC1)[C@@H](OC(=O)C(NCc1ccccc1)c1ccccc1)C2)c1cccs1.[Cl-]. The minimum atomic E-state index is -0.530. The number of Topliss-reactive ketones (excluding diaryl/α,β-unsaturated/α-hetero) is 1. The third kappa shape index (κ3) is 6.01. The second kappa shape index (κ2) is 11.5. The predicted octanol–water partition coefficient (Wildman–Crippen LogP) is 1.62. The Bertz CT molecular complexity index is 1100. The fourth-order valence-electron chi connectivity index (χ4n) is 5.41. The molecular formula is C28H31ClN2O3S. The minimum Gasteiger partial charge on any atom is -1.00 e. The molecule has 1 N–H and O–H groups in total. The van der Waals surface area contributed by atoms with Crippen molar-refractivity contribution in [1.29, 1.82) is 0 Å². The van der Waals surface area contributed by atoms with E-state index in [0.717, 1.165) is 53.0 Å². The minimum absolute atomic E-state index is 0. The van der Waals surface area contributed by atoms with Crippen LogP contribution in [0.1, 0.15) is 39.7 Å². The van der Waals surface area contributed by atoms with Gasteiger partial charge in [0, 0.05) is 25.3 Å². The molecule has 6 rings (SSSR count). The highest BCUT2D eigenvalue weighted by atomic mass is 35.5. The second-order valence-corrected chi connectivity index (χ2v) is 10.5. The number of halogens is 1. The van der Waals surface area contributed by atoms with E-state index in [1.165, 1.54) is 11.3 Å². The lowest BCUT2D eigenvalue weighted by Gasteiger charge is -2.51. The van der Waals surface area contributed by atoms with Crippen molar-refractivity contribution in [2.24, 2.45) is 5.92 Å². The lowest BCUT2D eigenvalue weighted by atomic mass is 9.83. The summed E-state index contributed by atoms with van der Waals surface area (Å²) < 4.78 is 6.94. The molecule has 1 aromatic heterocycles. The Labute approximate surface area is 217 Å². The van der Waals surface area contributed by atoms with Gasteiger partial charge in [0.05, 0.1) is 18.0 Å². The van der Waals surface area contributed by atoms with Crippen LogP contribution in [-0.2, 0) is 16.1 Å². The van der Waals surface area contributed by atoms with E-state index in [1.54, 1.807) is 0 Å².